The average Bonchev–Trinajstić information content (AvgIpc) is 2.69. The predicted molar refractivity (Wildman–Crippen MR) is 63.6 cm³/mol. The van der Waals surface area contributed by atoms with Gasteiger partial charge in [-0.1, -0.05) is 25.3 Å². The minimum absolute atomic E-state index is 0.250. The highest BCUT2D eigenvalue weighted by atomic mass is 32.1. The standard InChI is InChI=1S/C12H17NS/c1-3-6-11(4-2)13-9-8-12-7-5-10-14-12/h2,5,7,10-11,13H,3,6,8-9H2,1H3. The molecule has 0 saturated heterocycles. The molecule has 0 radical (unpaired) electrons. The van der Waals surface area contributed by atoms with Crippen LogP contribution in [-0.2, 0) is 6.42 Å². The molecular formula is C12H17NS. The molecule has 0 amide bonds. The molecule has 0 aromatic carbocycles. The lowest BCUT2D eigenvalue weighted by molar-refractivity contribution is 0.566. The van der Waals surface area contributed by atoms with Crippen LogP contribution in [0.2, 0.25) is 0 Å². The second kappa shape index (κ2) is 6.64. The van der Waals surface area contributed by atoms with Crippen molar-refractivity contribution in [3.63, 3.8) is 0 Å². The maximum Gasteiger partial charge on any atom is 0.0686 e. The van der Waals surface area contributed by atoms with E-state index in [1.165, 1.54) is 4.88 Å². The molecule has 1 heterocycles. The van der Waals surface area contributed by atoms with E-state index in [4.69, 9.17) is 6.42 Å². The Kier molecular flexibility index (Phi) is 5.36. The fraction of sp³-hybridized carbons (Fsp3) is 0.500. The van der Waals surface area contributed by atoms with Crippen LogP contribution in [0.5, 0.6) is 0 Å². The van der Waals surface area contributed by atoms with Crippen LogP contribution in [0.1, 0.15) is 24.6 Å². The molecule has 0 bridgehead atoms. The van der Waals surface area contributed by atoms with E-state index in [1.807, 2.05) is 0 Å². The molecule has 1 unspecified atom stereocenters. The van der Waals surface area contributed by atoms with Gasteiger partial charge in [0, 0.05) is 11.4 Å². The Labute approximate surface area is 90.5 Å². The highest BCUT2D eigenvalue weighted by Crippen LogP contribution is 2.08. The minimum Gasteiger partial charge on any atom is -0.303 e. The van der Waals surface area contributed by atoms with Gasteiger partial charge in [0.05, 0.1) is 6.04 Å². The Morgan fingerprint density at radius 3 is 3.07 bits per heavy atom. The van der Waals surface area contributed by atoms with E-state index >= 15 is 0 Å². The van der Waals surface area contributed by atoms with Crippen molar-refractivity contribution in [2.75, 3.05) is 6.54 Å². The van der Waals surface area contributed by atoms with Gasteiger partial charge in [0.1, 0.15) is 0 Å². The van der Waals surface area contributed by atoms with Gasteiger partial charge in [-0.05, 0) is 24.3 Å². The Balaban J connectivity index is 2.17. The van der Waals surface area contributed by atoms with Crippen LogP contribution in [0.25, 0.3) is 0 Å². The lowest BCUT2D eigenvalue weighted by atomic mass is 10.2. The van der Waals surface area contributed by atoms with Gasteiger partial charge in [0.2, 0.25) is 0 Å². The van der Waals surface area contributed by atoms with E-state index in [0.717, 1.165) is 25.8 Å². The van der Waals surface area contributed by atoms with Crippen molar-refractivity contribution in [1.29, 1.82) is 0 Å². The van der Waals surface area contributed by atoms with Crippen molar-refractivity contribution in [2.45, 2.75) is 32.2 Å². The molecule has 2 heteroatoms. The topological polar surface area (TPSA) is 12.0 Å². The molecule has 0 saturated carbocycles. The Morgan fingerprint density at radius 1 is 1.64 bits per heavy atom. The molecule has 76 valence electrons. The lowest BCUT2D eigenvalue weighted by Crippen LogP contribution is -2.29. The molecule has 1 N–H and O–H groups in total. The number of thiophene rings is 1. The van der Waals surface area contributed by atoms with E-state index in [9.17, 15) is 0 Å². The molecule has 1 atom stereocenters. The third kappa shape index (κ3) is 3.95. The van der Waals surface area contributed by atoms with E-state index < -0.39 is 0 Å². The second-order valence-electron chi connectivity index (χ2n) is 3.29. The summed E-state index contributed by atoms with van der Waals surface area (Å²) in [4.78, 5) is 1.42. The van der Waals surface area contributed by atoms with Crippen LogP contribution >= 0.6 is 11.3 Å². The van der Waals surface area contributed by atoms with Crippen molar-refractivity contribution >= 4 is 11.3 Å². The van der Waals surface area contributed by atoms with E-state index in [1.54, 1.807) is 11.3 Å². The van der Waals surface area contributed by atoms with Gasteiger partial charge >= 0.3 is 0 Å². The first-order chi connectivity index (χ1) is 6.86. The zero-order chi connectivity index (χ0) is 10.2. The van der Waals surface area contributed by atoms with Gasteiger partial charge in [-0.2, -0.15) is 0 Å². The molecule has 1 rings (SSSR count). The first-order valence-electron chi connectivity index (χ1n) is 5.08. The molecule has 0 aliphatic carbocycles. The van der Waals surface area contributed by atoms with Gasteiger partial charge < -0.3 is 5.32 Å². The van der Waals surface area contributed by atoms with Gasteiger partial charge in [-0.3, -0.25) is 0 Å². The summed E-state index contributed by atoms with van der Waals surface area (Å²) in [5.74, 6) is 2.78. The molecule has 0 spiro atoms. The summed E-state index contributed by atoms with van der Waals surface area (Å²) < 4.78 is 0. The normalized spacial score (nSPS) is 12.3. The predicted octanol–water partition coefficient (Wildman–Crippen LogP) is 2.68. The highest BCUT2D eigenvalue weighted by Gasteiger charge is 2.01. The van der Waals surface area contributed by atoms with Crippen LogP contribution < -0.4 is 5.32 Å². The van der Waals surface area contributed by atoms with Crippen molar-refractivity contribution in [1.82, 2.24) is 5.32 Å². The summed E-state index contributed by atoms with van der Waals surface area (Å²) in [6.45, 7) is 3.14. The molecule has 0 fully saturated rings. The minimum atomic E-state index is 0.250. The van der Waals surface area contributed by atoms with Crippen LogP contribution in [0.4, 0.5) is 0 Å². The quantitative estimate of drug-likeness (QED) is 0.707. The summed E-state index contributed by atoms with van der Waals surface area (Å²) in [7, 11) is 0. The number of terminal acetylenes is 1. The Bertz CT molecular complexity index is 271. The third-order valence-electron chi connectivity index (χ3n) is 2.12. The van der Waals surface area contributed by atoms with Crippen LogP contribution in [0.15, 0.2) is 17.5 Å². The van der Waals surface area contributed by atoms with Crippen molar-refractivity contribution < 1.29 is 0 Å². The van der Waals surface area contributed by atoms with Gasteiger partial charge in [-0.25, -0.2) is 0 Å². The number of hydrogen-bond donors (Lipinski definition) is 1. The van der Waals surface area contributed by atoms with Crippen LogP contribution in [0, 0.1) is 12.3 Å². The van der Waals surface area contributed by atoms with Crippen LogP contribution in [0.3, 0.4) is 0 Å². The van der Waals surface area contributed by atoms with Crippen molar-refractivity contribution in [3.8, 4) is 12.3 Å². The van der Waals surface area contributed by atoms with Gasteiger partial charge in [-0.15, -0.1) is 17.8 Å². The monoisotopic (exact) mass is 207 g/mol. The van der Waals surface area contributed by atoms with E-state index in [0.29, 0.717) is 0 Å². The van der Waals surface area contributed by atoms with Crippen molar-refractivity contribution in [2.24, 2.45) is 0 Å². The number of nitrogens with one attached hydrogen (secondary N) is 1. The molecule has 1 aromatic rings. The molecule has 1 aromatic heterocycles. The smallest absolute Gasteiger partial charge is 0.0686 e. The second-order valence-corrected chi connectivity index (χ2v) is 4.32. The van der Waals surface area contributed by atoms with Crippen LogP contribution in [-0.4, -0.2) is 12.6 Å². The Hall–Kier alpha value is -0.780. The lowest BCUT2D eigenvalue weighted by Gasteiger charge is -2.10. The molecule has 14 heavy (non-hydrogen) atoms. The first kappa shape index (κ1) is 11.3. The van der Waals surface area contributed by atoms with E-state index in [2.05, 4.69) is 35.7 Å². The zero-order valence-corrected chi connectivity index (χ0v) is 9.44. The fourth-order valence-electron chi connectivity index (χ4n) is 1.36. The maximum atomic E-state index is 5.41. The molecule has 0 aliphatic heterocycles. The zero-order valence-electron chi connectivity index (χ0n) is 8.62. The SMILES string of the molecule is C#CC(CCC)NCCc1cccs1. The molecular weight excluding hydrogens is 190 g/mol. The van der Waals surface area contributed by atoms with Gasteiger partial charge in [0.15, 0.2) is 0 Å². The molecule has 1 nitrogen and oxygen atoms in total. The maximum absolute atomic E-state index is 5.41. The van der Waals surface area contributed by atoms with Gasteiger partial charge in [0.25, 0.3) is 0 Å². The summed E-state index contributed by atoms with van der Waals surface area (Å²) in [5.41, 5.74) is 0. The summed E-state index contributed by atoms with van der Waals surface area (Å²) in [6, 6.07) is 4.50. The highest BCUT2D eigenvalue weighted by molar-refractivity contribution is 7.09. The number of rotatable bonds is 6. The average molecular weight is 207 g/mol. The summed E-state index contributed by atoms with van der Waals surface area (Å²) in [5, 5.41) is 5.49. The Morgan fingerprint density at radius 2 is 2.50 bits per heavy atom. The third-order valence-corrected chi connectivity index (χ3v) is 3.06. The van der Waals surface area contributed by atoms with E-state index in [-0.39, 0.29) is 6.04 Å². The summed E-state index contributed by atoms with van der Waals surface area (Å²) >= 11 is 1.80. The van der Waals surface area contributed by atoms with Crippen molar-refractivity contribution in [3.05, 3.63) is 22.4 Å². The largest absolute Gasteiger partial charge is 0.303 e. The molecule has 0 aliphatic rings. The number of hydrogen-bond acceptors (Lipinski definition) is 2. The fourth-order valence-corrected chi connectivity index (χ4v) is 2.07. The summed E-state index contributed by atoms with van der Waals surface area (Å²) in [6.07, 6.45) is 8.70. The first-order valence-corrected chi connectivity index (χ1v) is 5.96.